The highest BCUT2D eigenvalue weighted by Crippen LogP contribution is 2.36. The molecule has 0 bridgehead atoms. The molecule has 1 aliphatic heterocycles. The highest BCUT2D eigenvalue weighted by Gasteiger charge is 2.28. The molecule has 8 nitrogen and oxygen atoms in total. The molecule has 0 aliphatic carbocycles. The molecule has 2 aromatic carbocycles. The van der Waals surface area contributed by atoms with Crippen molar-refractivity contribution in [1.29, 1.82) is 0 Å². The molecule has 8 heteroatoms. The maximum absolute atomic E-state index is 13.1. The summed E-state index contributed by atoms with van der Waals surface area (Å²) in [6, 6.07) is 10.9. The number of Topliss-reactive ketones (excluding diaryl/α,β-unsaturated/α-hetero) is 1. The first-order chi connectivity index (χ1) is 17.0. The van der Waals surface area contributed by atoms with E-state index in [0.29, 0.717) is 17.0 Å². The fourth-order valence-corrected chi connectivity index (χ4v) is 4.12. The molecule has 4 rings (SSSR count). The zero-order valence-corrected chi connectivity index (χ0v) is 21.7. The summed E-state index contributed by atoms with van der Waals surface area (Å²) in [5.74, 6) is 1.17. The van der Waals surface area contributed by atoms with E-state index in [1.54, 1.807) is 52.2 Å². The molecule has 3 aromatic rings. The molecule has 190 valence electrons. The minimum atomic E-state index is -0.614. The van der Waals surface area contributed by atoms with Gasteiger partial charge in [0.15, 0.2) is 5.76 Å². The second-order valence-electron chi connectivity index (χ2n) is 10.1. The number of amides is 1. The Bertz CT molecular complexity index is 1330. The van der Waals surface area contributed by atoms with Gasteiger partial charge in [0.2, 0.25) is 5.78 Å². The van der Waals surface area contributed by atoms with Crippen LogP contribution in [0.5, 0.6) is 11.5 Å². The van der Waals surface area contributed by atoms with Gasteiger partial charge >= 0.3 is 6.09 Å². The number of carbonyl (C=O) groups excluding carboxylic acids is 2. The van der Waals surface area contributed by atoms with Gasteiger partial charge in [-0.3, -0.25) is 10.1 Å². The number of carbonyl (C=O) groups is 2. The van der Waals surface area contributed by atoms with E-state index >= 15 is 0 Å². The van der Waals surface area contributed by atoms with Crippen molar-refractivity contribution in [3.8, 4) is 11.5 Å². The van der Waals surface area contributed by atoms with Crippen molar-refractivity contribution in [3.63, 3.8) is 0 Å². The van der Waals surface area contributed by atoms with Crippen molar-refractivity contribution >= 4 is 34.5 Å². The van der Waals surface area contributed by atoms with Gasteiger partial charge in [0.1, 0.15) is 17.1 Å². The van der Waals surface area contributed by atoms with Gasteiger partial charge in [-0.05, 0) is 84.2 Å². The fraction of sp³-hybridized carbons (Fsp3) is 0.357. The molecule has 0 atom stereocenters. The van der Waals surface area contributed by atoms with E-state index in [4.69, 9.17) is 14.2 Å². The zero-order valence-electron chi connectivity index (χ0n) is 21.7. The van der Waals surface area contributed by atoms with Crippen molar-refractivity contribution in [2.24, 2.45) is 0 Å². The summed E-state index contributed by atoms with van der Waals surface area (Å²) in [5, 5.41) is 3.66. The summed E-state index contributed by atoms with van der Waals surface area (Å²) < 4.78 is 18.9. The number of benzene rings is 2. The Hall–Kier alpha value is -3.78. The van der Waals surface area contributed by atoms with Gasteiger partial charge in [0.05, 0.1) is 12.7 Å². The Kier molecular flexibility index (Phi) is 7.08. The lowest BCUT2D eigenvalue weighted by molar-refractivity contribution is 0.0635. The Balaban J connectivity index is 1.61. The number of rotatable bonds is 7. The Morgan fingerprint density at radius 1 is 1.17 bits per heavy atom. The zero-order chi connectivity index (χ0) is 26.0. The van der Waals surface area contributed by atoms with Crippen molar-refractivity contribution in [3.05, 3.63) is 59.5 Å². The summed E-state index contributed by atoms with van der Waals surface area (Å²) in [5.41, 5.74) is 2.25. The first-order valence-electron chi connectivity index (χ1n) is 11.9. The standard InChI is InChI=1S/C28H33N3O5/c1-28(2,3)36-27(33)29-19-8-10-21-24(15-19)35-25(26(21)32)14-18-17-31(13-7-12-30(4)5)23-11-9-20(34-6)16-22(18)23/h8-11,14-17H,7,12-13H2,1-6H3,(H,29,33). The van der Waals surface area contributed by atoms with Gasteiger partial charge in [0.25, 0.3) is 0 Å². The first-order valence-corrected chi connectivity index (χ1v) is 11.9. The van der Waals surface area contributed by atoms with Gasteiger partial charge in [-0.2, -0.15) is 0 Å². The highest BCUT2D eigenvalue weighted by atomic mass is 16.6. The largest absolute Gasteiger partial charge is 0.497 e. The van der Waals surface area contributed by atoms with Crippen molar-refractivity contribution in [2.75, 3.05) is 33.1 Å². The molecule has 1 N–H and O–H groups in total. The van der Waals surface area contributed by atoms with Crippen LogP contribution in [0.15, 0.2) is 48.4 Å². The average Bonchev–Trinajstić information content (AvgIpc) is 3.29. The number of anilines is 1. The Morgan fingerprint density at radius 2 is 1.94 bits per heavy atom. The van der Waals surface area contributed by atoms with Crippen LogP contribution < -0.4 is 14.8 Å². The Morgan fingerprint density at radius 3 is 2.64 bits per heavy atom. The molecular formula is C28H33N3O5. The predicted molar refractivity (Wildman–Crippen MR) is 141 cm³/mol. The molecule has 0 spiro atoms. The lowest BCUT2D eigenvalue weighted by atomic mass is 10.1. The summed E-state index contributed by atoms with van der Waals surface area (Å²) in [6.45, 7) is 7.20. The van der Waals surface area contributed by atoms with Crippen LogP contribution in [0.4, 0.5) is 10.5 Å². The lowest BCUT2D eigenvalue weighted by Gasteiger charge is -2.19. The predicted octanol–water partition coefficient (Wildman–Crippen LogP) is 5.56. The van der Waals surface area contributed by atoms with Gasteiger partial charge in [-0.25, -0.2) is 4.79 Å². The molecule has 0 unspecified atom stereocenters. The number of aryl methyl sites for hydroxylation is 1. The molecule has 1 aromatic heterocycles. The van der Waals surface area contributed by atoms with Gasteiger partial charge in [-0.15, -0.1) is 0 Å². The number of ketones is 1. The first kappa shape index (κ1) is 25.3. The van der Waals surface area contributed by atoms with E-state index < -0.39 is 11.7 Å². The summed E-state index contributed by atoms with van der Waals surface area (Å²) in [7, 11) is 5.75. The van der Waals surface area contributed by atoms with E-state index in [-0.39, 0.29) is 11.5 Å². The highest BCUT2D eigenvalue weighted by molar-refractivity contribution is 6.15. The summed E-state index contributed by atoms with van der Waals surface area (Å²) in [4.78, 5) is 27.4. The third-order valence-corrected chi connectivity index (χ3v) is 5.73. The van der Waals surface area contributed by atoms with Crippen LogP contribution in [0.1, 0.15) is 43.1 Å². The van der Waals surface area contributed by atoms with Crippen LogP contribution in [0.3, 0.4) is 0 Å². The average molecular weight is 492 g/mol. The van der Waals surface area contributed by atoms with Crippen molar-refractivity contribution in [1.82, 2.24) is 9.47 Å². The van der Waals surface area contributed by atoms with Crippen LogP contribution in [0.2, 0.25) is 0 Å². The lowest BCUT2D eigenvalue weighted by Crippen LogP contribution is -2.27. The van der Waals surface area contributed by atoms with E-state index in [0.717, 1.165) is 41.7 Å². The van der Waals surface area contributed by atoms with E-state index in [2.05, 4.69) is 28.9 Å². The van der Waals surface area contributed by atoms with Crippen LogP contribution >= 0.6 is 0 Å². The molecule has 0 saturated carbocycles. The Labute approximate surface area is 211 Å². The third-order valence-electron chi connectivity index (χ3n) is 5.73. The van der Waals surface area contributed by atoms with Crippen LogP contribution in [0, 0.1) is 0 Å². The van der Waals surface area contributed by atoms with Crippen molar-refractivity contribution in [2.45, 2.75) is 39.3 Å². The number of fused-ring (bicyclic) bond motifs is 2. The summed E-state index contributed by atoms with van der Waals surface area (Å²) >= 11 is 0. The number of nitrogens with one attached hydrogen (secondary N) is 1. The number of nitrogens with zero attached hydrogens (tertiary/aromatic N) is 2. The second-order valence-corrected chi connectivity index (χ2v) is 10.1. The molecule has 2 heterocycles. The maximum Gasteiger partial charge on any atom is 0.412 e. The fourth-order valence-electron chi connectivity index (χ4n) is 4.12. The van der Waals surface area contributed by atoms with Gasteiger partial charge in [0, 0.05) is 41.0 Å². The molecule has 0 saturated heterocycles. The summed E-state index contributed by atoms with van der Waals surface area (Å²) in [6.07, 6.45) is 4.24. The molecular weight excluding hydrogens is 458 g/mol. The third kappa shape index (κ3) is 5.71. The van der Waals surface area contributed by atoms with Crippen LogP contribution in [-0.4, -0.2) is 54.7 Å². The molecule has 1 amide bonds. The number of hydrogen-bond acceptors (Lipinski definition) is 6. The molecule has 0 fully saturated rings. The SMILES string of the molecule is COc1ccc2c(c1)c(C=C1Oc3cc(NC(=O)OC(C)(C)C)ccc3C1=O)cn2CCCN(C)C. The van der Waals surface area contributed by atoms with Crippen LogP contribution in [0.25, 0.3) is 17.0 Å². The van der Waals surface area contributed by atoms with Crippen LogP contribution in [-0.2, 0) is 11.3 Å². The quantitative estimate of drug-likeness (QED) is 0.436. The number of methoxy groups -OCH3 is 1. The second kappa shape index (κ2) is 10.1. The molecule has 36 heavy (non-hydrogen) atoms. The maximum atomic E-state index is 13.1. The minimum Gasteiger partial charge on any atom is -0.497 e. The number of ether oxygens (including phenoxy) is 3. The van der Waals surface area contributed by atoms with Crippen molar-refractivity contribution < 1.29 is 23.8 Å². The smallest absolute Gasteiger partial charge is 0.412 e. The monoisotopic (exact) mass is 491 g/mol. The van der Waals surface area contributed by atoms with Gasteiger partial charge in [-0.1, -0.05) is 0 Å². The normalized spacial score (nSPS) is 14.3. The molecule has 0 radical (unpaired) electrons. The molecule has 1 aliphatic rings. The topological polar surface area (TPSA) is 82.0 Å². The van der Waals surface area contributed by atoms with E-state index in [1.807, 2.05) is 24.4 Å². The number of aromatic nitrogens is 1. The van der Waals surface area contributed by atoms with Gasteiger partial charge < -0.3 is 23.7 Å². The number of hydrogen-bond donors (Lipinski definition) is 1. The van der Waals surface area contributed by atoms with E-state index in [9.17, 15) is 9.59 Å². The minimum absolute atomic E-state index is 0.203. The van der Waals surface area contributed by atoms with E-state index in [1.165, 1.54) is 0 Å². The number of allylic oxidation sites excluding steroid dienone is 1.